The van der Waals surface area contributed by atoms with Crippen LogP contribution in [0.5, 0.6) is 0 Å². The molecule has 2 fully saturated rings. The maximum Gasteiger partial charge on any atom is 0.410 e. The van der Waals surface area contributed by atoms with E-state index in [2.05, 4.69) is 5.32 Å². The highest BCUT2D eigenvalue weighted by atomic mass is 16.6. The van der Waals surface area contributed by atoms with Crippen LogP contribution in [0.15, 0.2) is 0 Å². The van der Waals surface area contributed by atoms with Crippen LogP contribution in [0.3, 0.4) is 0 Å². The SMILES string of the molecule is CC1NCCC2(CN(C(=O)OC(C)(C)C)C2)O1. The molecule has 1 unspecified atom stereocenters. The van der Waals surface area contributed by atoms with Gasteiger partial charge in [0.2, 0.25) is 0 Å². The number of ether oxygens (including phenoxy) is 2. The minimum absolute atomic E-state index is 0.0736. The summed E-state index contributed by atoms with van der Waals surface area (Å²) in [5.74, 6) is 0. The van der Waals surface area contributed by atoms with E-state index in [1.165, 1.54) is 0 Å². The molecule has 1 spiro atoms. The summed E-state index contributed by atoms with van der Waals surface area (Å²) in [7, 11) is 0. The van der Waals surface area contributed by atoms with E-state index in [-0.39, 0.29) is 17.9 Å². The second-order valence-corrected chi connectivity index (χ2v) is 5.98. The van der Waals surface area contributed by atoms with Gasteiger partial charge >= 0.3 is 6.09 Å². The molecular weight excluding hydrogens is 220 g/mol. The van der Waals surface area contributed by atoms with Gasteiger partial charge in [-0.15, -0.1) is 0 Å². The number of carbonyl (C=O) groups is 1. The lowest BCUT2D eigenvalue weighted by molar-refractivity contribution is -0.193. The van der Waals surface area contributed by atoms with Crippen molar-refractivity contribution in [2.75, 3.05) is 19.6 Å². The molecule has 98 valence electrons. The number of hydrogen-bond donors (Lipinski definition) is 1. The number of amides is 1. The maximum absolute atomic E-state index is 11.8. The van der Waals surface area contributed by atoms with E-state index in [9.17, 15) is 4.79 Å². The molecule has 1 N–H and O–H groups in total. The molecule has 2 heterocycles. The third-order valence-electron chi connectivity index (χ3n) is 3.05. The third-order valence-corrected chi connectivity index (χ3v) is 3.05. The molecule has 0 saturated carbocycles. The Morgan fingerprint density at radius 2 is 2.12 bits per heavy atom. The van der Waals surface area contributed by atoms with Crippen molar-refractivity contribution in [3.05, 3.63) is 0 Å². The standard InChI is InChI=1S/C12H22N2O3/c1-9-13-6-5-12(16-9)7-14(8-12)10(15)17-11(2,3)4/h9,13H,5-8H2,1-4H3. The fourth-order valence-corrected chi connectivity index (χ4v) is 2.32. The summed E-state index contributed by atoms with van der Waals surface area (Å²) in [6.45, 7) is 9.87. The quantitative estimate of drug-likeness (QED) is 0.696. The summed E-state index contributed by atoms with van der Waals surface area (Å²) in [6, 6.07) is 0. The van der Waals surface area contributed by atoms with Crippen molar-refractivity contribution in [2.45, 2.75) is 51.5 Å². The molecule has 0 radical (unpaired) electrons. The first-order valence-corrected chi connectivity index (χ1v) is 6.19. The van der Waals surface area contributed by atoms with E-state index in [4.69, 9.17) is 9.47 Å². The van der Waals surface area contributed by atoms with Crippen molar-refractivity contribution >= 4 is 6.09 Å². The second kappa shape index (κ2) is 4.14. The summed E-state index contributed by atoms with van der Waals surface area (Å²) in [5.41, 5.74) is -0.566. The van der Waals surface area contributed by atoms with Gasteiger partial charge in [-0.1, -0.05) is 0 Å². The molecule has 1 amide bonds. The van der Waals surface area contributed by atoms with Crippen LogP contribution in [0, 0.1) is 0 Å². The molecule has 0 aromatic rings. The van der Waals surface area contributed by atoms with Crippen LogP contribution < -0.4 is 5.32 Å². The van der Waals surface area contributed by atoms with Crippen molar-refractivity contribution < 1.29 is 14.3 Å². The summed E-state index contributed by atoms with van der Waals surface area (Å²) in [6.07, 6.45) is 0.791. The van der Waals surface area contributed by atoms with Gasteiger partial charge in [0.15, 0.2) is 0 Å². The molecule has 0 aromatic heterocycles. The lowest BCUT2D eigenvalue weighted by atomic mass is 9.89. The first-order valence-electron chi connectivity index (χ1n) is 6.19. The number of hydrogen-bond acceptors (Lipinski definition) is 4. The molecule has 5 heteroatoms. The lowest BCUT2D eigenvalue weighted by Gasteiger charge is -2.52. The van der Waals surface area contributed by atoms with E-state index in [0.29, 0.717) is 13.1 Å². The Morgan fingerprint density at radius 1 is 1.47 bits per heavy atom. The number of nitrogens with one attached hydrogen (secondary N) is 1. The molecule has 2 aliphatic heterocycles. The minimum atomic E-state index is -0.428. The summed E-state index contributed by atoms with van der Waals surface area (Å²) < 4.78 is 11.2. The Hall–Kier alpha value is -0.810. The molecule has 17 heavy (non-hydrogen) atoms. The molecule has 0 aliphatic carbocycles. The Bertz CT molecular complexity index is 305. The molecule has 0 aromatic carbocycles. The van der Waals surface area contributed by atoms with Crippen molar-refractivity contribution in [2.24, 2.45) is 0 Å². The predicted molar refractivity (Wildman–Crippen MR) is 63.7 cm³/mol. The van der Waals surface area contributed by atoms with Crippen LogP contribution in [0.1, 0.15) is 34.1 Å². The van der Waals surface area contributed by atoms with Gasteiger partial charge in [-0.05, 0) is 34.1 Å². The van der Waals surface area contributed by atoms with E-state index < -0.39 is 5.60 Å². The van der Waals surface area contributed by atoms with Crippen LogP contribution in [-0.2, 0) is 9.47 Å². The topological polar surface area (TPSA) is 50.8 Å². The van der Waals surface area contributed by atoms with E-state index >= 15 is 0 Å². The second-order valence-electron chi connectivity index (χ2n) is 5.98. The smallest absolute Gasteiger partial charge is 0.410 e. The number of rotatable bonds is 0. The zero-order valence-electron chi connectivity index (χ0n) is 11.1. The van der Waals surface area contributed by atoms with Crippen LogP contribution in [0.2, 0.25) is 0 Å². The fraction of sp³-hybridized carbons (Fsp3) is 0.917. The summed E-state index contributed by atoms with van der Waals surface area (Å²) in [4.78, 5) is 13.5. The van der Waals surface area contributed by atoms with E-state index in [0.717, 1.165) is 13.0 Å². The van der Waals surface area contributed by atoms with Gasteiger partial charge in [0.1, 0.15) is 17.4 Å². The van der Waals surface area contributed by atoms with Crippen LogP contribution in [-0.4, -0.2) is 48.1 Å². The van der Waals surface area contributed by atoms with E-state index in [1.807, 2.05) is 27.7 Å². The van der Waals surface area contributed by atoms with Crippen molar-refractivity contribution in [1.29, 1.82) is 0 Å². The molecule has 0 bridgehead atoms. The third kappa shape index (κ3) is 2.90. The average Bonchev–Trinajstić information content (AvgIpc) is 2.10. The van der Waals surface area contributed by atoms with Crippen LogP contribution >= 0.6 is 0 Å². The van der Waals surface area contributed by atoms with Gasteiger partial charge in [-0.3, -0.25) is 5.32 Å². The van der Waals surface area contributed by atoms with Gasteiger partial charge < -0.3 is 14.4 Å². The van der Waals surface area contributed by atoms with Gasteiger partial charge in [0.05, 0.1) is 13.1 Å². The Morgan fingerprint density at radius 3 is 2.65 bits per heavy atom. The molecule has 2 rings (SSSR count). The normalized spacial score (nSPS) is 27.8. The molecule has 2 aliphatic rings. The summed E-state index contributed by atoms with van der Waals surface area (Å²) >= 11 is 0. The highest BCUT2D eigenvalue weighted by Gasteiger charge is 2.49. The van der Waals surface area contributed by atoms with Gasteiger partial charge in [0.25, 0.3) is 0 Å². The Balaban J connectivity index is 1.83. The highest BCUT2D eigenvalue weighted by Crippen LogP contribution is 2.32. The zero-order valence-corrected chi connectivity index (χ0v) is 11.1. The predicted octanol–water partition coefficient (Wildman–Crippen LogP) is 1.33. The molecule has 2 saturated heterocycles. The first-order chi connectivity index (χ1) is 7.80. The number of likely N-dealkylation sites (tertiary alicyclic amines) is 1. The monoisotopic (exact) mass is 242 g/mol. The maximum atomic E-state index is 11.8. The van der Waals surface area contributed by atoms with Gasteiger partial charge in [-0.25, -0.2) is 4.79 Å². The molecule has 1 atom stereocenters. The van der Waals surface area contributed by atoms with Gasteiger partial charge in [0, 0.05) is 6.54 Å². The average molecular weight is 242 g/mol. The van der Waals surface area contributed by atoms with Crippen molar-refractivity contribution in [1.82, 2.24) is 10.2 Å². The Kier molecular flexibility index (Phi) is 3.08. The first kappa shape index (κ1) is 12.6. The van der Waals surface area contributed by atoms with Crippen molar-refractivity contribution in [3.8, 4) is 0 Å². The van der Waals surface area contributed by atoms with Gasteiger partial charge in [-0.2, -0.15) is 0 Å². The highest BCUT2D eigenvalue weighted by molar-refractivity contribution is 5.69. The van der Waals surface area contributed by atoms with Crippen LogP contribution in [0.25, 0.3) is 0 Å². The number of nitrogens with zero attached hydrogens (tertiary/aromatic N) is 1. The molecule has 5 nitrogen and oxygen atoms in total. The minimum Gasteiger partial charge on any atom is -0.444 e. The lowest BCUT2D eigenvalue weighted by Crippen LogP contribution is -2.69. The largest absolute Gasteiger partial charge is 0.444 e. The van der Waals surface area contributed by atoms with Crippen LogP contribution in [0.4, 0.5) is 4.79 Å². The Labute approximate surface area is 102 Å². The fourth-order valence-electron chi connectivity index (χ4n) is 2.32. The molecular formula is C12H22N2O3. The number of carbonyl (C=O) groups excluding carboxylic acids is 1. The zero-order chi connectivity index (χ0) is 12.7. The van der Waals surface area contributed by atoms with E-state index in [1.54, 1.807) is 4.90 Å². The summed E-state index contributed by atoms with van der Waals surface area (Å²) in [5, 5.41) is 3.23. The van der Waals surface area contributed by atoms with Crippen molar-refractivity contribution in [3.63, 3.8) is 0 Å².